The van der Waals surface area contributed by atoms with E-state index in [2.05, 4.69) is 21.4 Å². The van der Waals surface area contributed by atoms with Gasteiger partial charge in [-0.05, 0) is 62.2 Å². The van der Waals surface area contributed by atoms with Gasteiger partial charge in [0.1, 0.15) is 5.58 Å². The van der Waals surface area contributed by atoms with Gasteiger partial charge in [-0.25, -0.2) is 9.97 Å². The van der Waals surface area contributed by atoms with E-state index in [9.17, 15) is 4.79 Å². The van der Waals surface area contributed by atoms with Gasteiger partial charge in [0.25, 0.3) is 5.91 Å². The Hall–Kier alpha value is -3.71. The Bertz CT molecular complexity index is 1300. The first-order chi connectivity index (χ1) is 16.5. The third-order valence-electron chi connectivity index (χ3n) is 6.07. The van der Waals surface area contributed by atoms with Crippen molar-refractivity contribution < 1.29 is 13.9 Å². The van der Waals surface area contributed by atoms with E-state index < -0.39 is 0 Å². The summed E-state index contributed by atoms with van der Waals surface area (Å²) < 4.78 is 11.4. The topological polar surface area (TPSA) is 80.5 Å². The molecule has 4 aromatic rings. The minimum absolute atomic E-state index is 0.00186. The Morgan fingerprint density at radius 1 is 1.09 bits per heavy atom. The van der Waals surface area contributed by atoms with Crippen LogP contribution in [0.5, 0.6) is 0 Å². The summed E-state index contributed by atoms with van der Waals surface area (Å²) in [5, 5.41) is 4.35. The first-order valence-corrected chi connectivity index (χ1v) is 11.6. The molecule has 1 amide bonds. The number of benzene rings is 2. The zero-order valence-electron chi connectivity index (χ0n) is 19.5. The average Bonchev–Trinajstić information content (AvgIpc) is 3.18. The van der Waals surface area contributed by atoms with Gasteiger partial charge in [0, 0.05) is 47.0 Å². The number of anilines is 2. The van der Waals surface area contributed by atoms with Crippen LogP contribution in [0.1, 0.15) is 27.3 Å². The molecule has 0 aliphatic carbocycles. The van der Waals surface area contributed by atoms with Gasteiger partial charge in [0.15, 0.2) is 0 Å². The third kappa shape index (κ3) is 4.94. The maximum absolute atomic E-state index is 13.4. The number of hydrogen-bond acceptors (Lipinski definition) is 6. The van der Waals surface area contributed by atoms with Crippen LogP contribution in [-0.4, -0.2) is 47.1 Å². The highest BCUT2D eigenvalue weighted by atomic mass is 16.5. The molecule has 1 aliphatic heterocycles. The summed E-state index contributed by atoms with van der Waals surface area (Å²) >= 11 is 0. The molecule has 7 nitrogen and oxygen atoms in total. The molecule has 2 aromatic carbocycles. The summed E-state index contributed by atoms with van der Waals surface area (Å²) in [6.07, 6.45) is 2.55. The highest BCUT2D eigenvalue weighted by Gasteiger charge is 2.24. The Morgan fingerprint density at radius 3 is 2.76 bits per heavy atom. The number of aromatic nitrogens is 2. The van der Waals surface area contributed by atoms with E-state index in [-0.39, 0.29) is 11.8 Å². The lowest BCUT2D eigenvalue weighted by molar-refractivity contribution is 0.0737. The van der Waals surface area contributed by atoms with Gasteiger partial charge in [-0.1, -0.05) is 18.2 Å². The monoisotopic (exact) mass is 456 g/mol. The highest BCUT2D eigenvalue weighted by molar-refractivity contribution is 5.95. The lowest BCUT2D eigenvalue weighted by Gasteiger charge is -2.24. The van der Waals surface area contributed by atoms with Crippen LogP contribution in [0, 0.1) is 19.8 Å². The standard InChI is InChI=1S/C27H28N4O3/c1-18-13-19(2)29-27(28-18)30-23-7-3-6-22(15-23)26(32)31-10-12-33-17-20(16-31)14-21-5-4-8-25-24(21)9-11-34-25/h3-9,11,13,15,20H,10,12,14,16-17H2,1-2H3,(H,28,29,30)/t20-/m1/s1. The van der Waals surface area contributed by atoms with Gasteiger partial charge in [0.05, 0.1) is 19.5 Å². The van der Waals surface area contributed by atoms with E-state index in [0.29, 0.717) is 37.8 Å². The van der Waals surface area contributed by atoms with Crippen LogP contribution in [-0.2, 0) is 11.2 Å². The predicted octanol–water partition coefficient (Wildman–Crippen LogP) is 4.91. The second kappa shape index (κ2) is 9.65. The number of amides is 1. The van der Waals surface area contributed by atoms with Gasteiger partial charge in [-0.2, -0.15) is 0 Å². The summed E-state index contributed by atoms with van der Waals surface area (Å²) in [7, 11) is 0. The van der Waals surface area contributed by atoms with E-state index in [1.165, 1.54) is 5.56 Å². The van der Waals surface area contributed by atoms with Crippen molar-refractivity contribution in [2.75, 3.05) is 31.6 Å². The lowest BCUT2D eigenvalue weighted by atomic mass is 9.97. The molecule has 5 rings (SSSR count). The zero-order chi connectivity index (χ0) is 23.5. The highest BCUT2D eigenvalue weighted by Crippen LogP contribution is 2.24. The fraction of sp³-hybridized carbons (Fsp3) is 0.296. The molecule has 1 atom stereocenters. The average molecular weight is 457 g/mol. The van der Waals surface area contributed by atoms with Gasteiger partial charge in [0.2, 0.25) is 5.95 Å². The van der Waals surface area contributed by atoms with Crippen LogP contribution in [0.25, 0.3) is 11.0 Å². The van der Waals surface area contributed by atoms with Crippen molar-refractivity contribution in [2.24, 2.45) is 5.92 Å². The molecule has 0 unspecified atom stereocenters. The lowest BCUT2D eigenvalue weighted by Crippen LogP contribution is -2.36. The minimum atomic E-state index is 0.00186. The molecule has 0 saturated carbocycles. The van der Waals surface area contributed by atoms with Gasteiger partial charge in [-0.3, -0.25) is 4.79 Å². The summed E-state index contributed by atoms with van der Waals surface area (Å²) in [6.45, 7) is 6.25. The van der Waals surface area contributed by atoms with Crippen LogP contribution >= 0.6 is 0 Å². The summed E-state index contributed by atoms with van der Waals surface area (Å²) in [5.41, 5.74) is 5.30. The van der Waals surface area contributed by atoms with Crippen LogP contribution in [0.3, 0.4) is 0 Å². The van der Waals surface area contributed by atoms with Gasteiger partial charge < -0.3 is 19.4 Å². The normalized spacial score (nSPS) is 16.4. The molecule has 3 heterocycles. The Kier molecular flexibility index (Phi) is 6.27. The van der Waals surface area contributed by atoms with E-state index >= 15 is 0 Å². The predicted molar refractivity (Wildman–Crippen MR) is 131 cm³/mol. The molecule has 7 heteroatoms. The fourth-order valence-electron chi connectivity index (χ4n) is 4.56. The first-order valence-electron chi connectivity index (χ1n) is 11.6. The van der Waals surface area contributed by atoms with E-state index in [1.54, 1.807) is 6.26 Å². The number of carbonyl (C=O) groups excluding carboxylic acids is 1. The fourth-order valence-corrected chi connectivity index (χ4v) is 4.56. The van der Waals surface area contributed by atoms with Gasteiger partial charge in [-0.15, -0.1) is 0 Å². The number of hydrogen-bond donors (Lipinski definition) is 1. The number of ether oxygens (including phenoxy) is 1. The van der Waals surface area contributed by atoms with Crippen molar-refractivity contribution in [3.8, 4) is 0 Å². The molecule has 34 heavy (non-hydrogen) atoms. The Morgan fingerprint density at radius 2 is 1.91 bits per heavy atom. The SMILES string of the molecule is Cc1cc(C)nc(Nc2cccc(C(=O)N3CCOC[C@H](Cc4cccc5occc45)C3)c2)n1. The van der Waals surface area contributed by atoms with E-state index in [0.717, 1.165) is 34.5 Å². The zero-order valence-corrected chi connectivity index (χ0v) is 19.5. The molecule has 1 saturated heterocycles. The number of nitrogens with one attached hydrogen (secondary N) is 1. The van der Waals surface area contributed by atoms with Crippen LogP contribution in [0.15, 0.2) is 65.3 Å². The van der Waals surface area contributed by atoms with Crippen LogP contribution < -0.4 is 5.32 Å². The molecule has 1 aliphatic rings. The van der Waals surface area contributed by atoms with Crippen LogP contribution in [0.4, 0.5) is 11.6 Å². The quantitative estimate of drug-likeness (QED) is 0.459. The first kappa shape index (κ1) is 22.1. The number of fused-ring (bicyclic) bond motifs is 1. The molecule has 0 spiro atoms. The van der Waals surface area contributed by atoms with Gasteiger partial charge >= 0.3 is 0 Å². The molecule has 1 N–H and O–H groups in total. The third-order valence-corrected chi connectivity index (χ3v) is 6.07. The number of carbonyl (C=O) groups is 1. The molecule has 174 valence electrons. The van der Waals surface area contributed by atoms with E-state index in [1.807, 2.05) is 67.3 Å². The number of rotatable bonds is 5. The maximum Gasteiger partial charge on any atom is 0.254 e. The number of aryl methyl sites for hydroxylation is 2. The largest absolute Gasteiger partial charge is 0.464 e. The van der Waals surface area contributed by atoms with E-state index in [4.69, 9.17) is 9.15 Å². The van der Waals surface area contributed by atoms with Crippen molar-refractivity contribution in [3.63, 3.8) is 0 Å². The second-order valence-electron chi connectivity index (χ2n) is 8.83. The Balaban J connectivity index is 1.31. The minimum Gasteiger partial charge on any atom is -0.464 e. The van der Waals surface area contributed by atoms with Crippen molar-refractivity contribution in [1.29, 1.82) is 0 Å². The van der Waals surface area contributed by atoms with Crippen LogP contribution in [0.2, 0.25) is 0 Å². The summed E-state index contributed by atoms with van der Waals surface area (Å²) in [4.78, 5) is 24.2. The molecule has 1 fully saturated rings. The molecule has 2 aromatic heterocycles. The Labute approximate surface area is 198 Å². The maximum atomic E-state index is 13.4. The summed E-state index contributed by atoms with van der Waals surface area (Å²) in [5.74, 6) is 0.734. The van der Waals surface area contributed by atoms with Crippen molar-refractivity contribution in [3.05, 3.63) is 83.4 Å². The molecule has 0 bridgehead atoms. The second-order valence-corrected chi connectivity index (χ2v) is 8.83. The number of furan rings is 1. The molecular formula is C27H28N4O3. The van der Waals surface area contributed by atoms with Crippen molar-refractivity contribution in [2.45, 2.75) is 20.3 Å². The molecule has 0 radical (unpaired) electrons. The smallest absolute Gasteiger partial charge is 0.254 e. The van der Waals surface area contributed by atoms with Crippen molar-refractivity contribution >= 4 is 28.5 Å². The summed E-state index contributed by atoms with van der Waals surface area (Å²) in [6, 6.07) is 17.5. The number of nitrogens with zero attached hydrogens (tertiary/aromatic N) is 3. The molecular weight excluding hydrogens is 428 g/mol. The van der Waals surface area contributed by atoms with Crippen molar-refractivity contribution in [1.82, 2.24) is 14.9 Å².